The lowest BCUT2D eigenvalue weighted by molar-refractivity contribution is -0.384. The van der Waals surface area contributed by atoms with Crippen molar-refractivity contribution in [3.8, 4) is 0 Å². The van der Waals surface area contributed by atoms with E-state index < -0.39 is 4.92 Å². The van der Waals surface area contributed by atoms with Gasteiger partial charge in [-0.15, -0.1) is 0 Å². The monoisotopic (exact) mass is 384 g/mol. The lowest BCUT2D eigenvalue weighted by atomic mass is 10.1. The molecule has 2 aromatic rings. The van der Waals surface area contributed by atoms with Crippen molar-refractivity contribution < 1.29 is 9.72 Å². The summed E-state index contributed by atoms with van der Waals surface area (Å²) in [6.45, 7) is 7.12. The number of carbonyl (C=O) groups is 1. The van der Waals surface area contributed by atoms with Crippen LogP contribution in [0.15, 0.2) is 36.4 Å². The summed E-state index contributed by atoms with van der Waals surface area (Å²) >= 11 is 0. The number of aryl methyl sites for hydroxylation is 1. The number of rotatable bonds is 8. The van der Waals surface area contributed by atoms with Gasteiger partial charge in [-0.1, -0.05) is 25.1 Å². The summed E-state index contributed by atoms with van der Waals surface area (Å²) in [6, 6.07) is 11.3. The fourth-order valence-corrected chi connectivity index (χ4v) is 2.93. The van der Waals surface area contributed by atoms with E-state index >= 15 is 0 Å². The molecule has 0 aromatic heterocycles. The first-order chi connectivity index (χ1) is 13.2. The van der Waals surface area contributed by atoms with Crippen molar-refractivity contribution in [1.29, 1.82) is 0 Å². The first-order valence-corrected chi connectivity index (χ1v) is 9.26. The molecule has 2 aromatic carbocycles. The van der Waals surface area contributed by atoms with Gasteiger partial charge in [0.15, 0.2) is 0 Å². The van der Waals surface area contributed by atoms with E-state index in [4.69, 9.17) is 0 Å². The quantitative estimate of drug-likeness (QED) is 0.554. The molecule has 0 aliphatic rings. The predicted octanol–water partition coefficient (Wildman–Crippen LogP) is 3.74. The Kier molecular flexibility index (Phi) is 7.12. The molecule has 1 amide bonds. The summed E-state index contributed by atoms with van der Waals surface area (Å²) in [4.78, 5) is 27.4. The minimum Gasteiger partial charge on any atom is -0.378 e. The molecule has 0 unspecified atom stereocenters. The first-order valence-electron chi connectivity index (χ1n) is 9.26. The van der Waals surface area contributed by atoms with Crippen LogP contribution in [0.4, 0.5) is 17.1 Å². The van der Waals surface area contributed by atoms with E-state index in [0.29, 0.717) is 18.7 Å². The van der Waals surface area contributed by atoms with Crippen LogP contribution in [0.25, 0.3) is 0 Å². The van der Waals surface area contributed by atoms with Gasteiger partial charge in [0, 0.05) is 32.4 Å². The van der Waals surface area contributed by atoms with Gasteiger partial charge in [-0.05, 0) is 49.2 Å². The zero-order valence-electron chi connectivity index (χ0n) is 17.2. The van der Waals surface area contributed by atoms with E-state index in [-0.39, 0.29) is 23.8 Å². The molecule has 7 nitrogen and oxygen atoms in total. The molecular formula is C21H28N4O3. The molecule has 0 fully saturated rings. The number of amides is 1. The fraction of sp³-hybridized carbons (Fsp3) is 0.381. The van der Waals surface area contributed by atoms with Gasteiger partial charge in [0.05, 0.1) is 11.5 Å². The van der Waals surface area contributed by atoms with E-state index in [0.717, 1.165) is 16.8 Å². The molecular weight excluding hydrogens is 356 g/mol. The number of likely N-dealkylation sites (N-methyl/N-ethyl adjacent to an activating group) is 1. The highest BCUT2D eigenvalue weighted by molar-refractivity contribution is 5.95. The van der Waals surface area contributed by atoms with E-state index in [2.05, 4.69) is 5.32 Å². The first kappa shape index (κ1) is 21.4. The van der Waals surface area contributed by atoms with Gasteiger partial charge in [-0.3, -0.25) is 19.8 Å². The van der Waals surface area contributed by atoms with Crippen LogP contribution >= 0.6 is 0 Å². The molecule has 0 aliphatic heterocycles. The van der Waals surface area contributed by atoms with E-state index in [1.54, 1.807) is 13.0 Å². The van der Waals surface area contributed by atoms with Gasteiger partial charge in [0.25, 0.3) is 5.69 Å². The average Bonchev–Trinajstić information content (AvgIpc) is 2.65. The number of carbonyl (C=O) groups excluding carboxylic acids is 1. The third-order valence-corrected chi connectivity index (χ3v) is 4.85. The summed E-state index contributed by atoms with van der Waals surface area (Å²) in [6.07, 6.45) is 0. The molecule has 0 saturated heterocycles. The largest absolute Gasteiger partial charge is 0.378 e. The second kappa shape index (κ2) is 9.32. The lowest BCUT2D eigenvalue weighted by Gasteiger charge is -2.21. The van der Waals surface area contributed by atoms with Gasteiger partial charge in [0.1, 0.15) is 5.69 Å². The van der Waals surface area contributed by atoms with Crippen LogP contribution < -0.4 is 10.2 Å². The van der Waals surface area contributed by atoms with Crippen molar-refractivity contribution in [3.63, 3.8) is 0 Å². The molecule has 0 radical (unpaired) electrons. The van der Waals surface area contributed by atoms with Gasteiger partial charge in [0.2, 0.25) is 5.91 Å². The number of hydrogen-bond donors (Lipinski definition) is 1. The van der Waals surface area contributed by atoms with Gasteiger partial charge < -0.3 is 10.2 Å². The molecule has 0 spiro atoms. The van der Waals surface area contributed by atoms with Crippen molar-refractivity contribution in [2.24, 2.45) is 0 Å². The molecule has 0 atom stereocenters. The Bertz CT molecular complexity index is 847. The number of nitrogens with zero attached hydrogens (tertiary/aromatic N) is 3. The Balaban J connectivity index is 2.09. The number of hydrogen-bond acceptors (Lipinski definition) is 5. The summed E-state index contributed by atoms with van der Waals surface area (Å²) in [5.41, 5.74) is 4.03. The van der Waals surface area contributed by atoms with Crippen LogP contribution in [0.1, 0.15) is 23.6 Å². The van der Waals surface area contributed by atoms with Crippen molar-refractivity contribution in [3.05, 3.63) is 63.2 Å². The smallest absolute Gasteiger partial charge is 0.293 e. The van der Waals surface area contributed by atoms with Gasteiger partial charge >= 0.3 is 0 Å². The molecule has 28 heavy (non-hydrogen) atoms. The third-order valence-electron chi connectivity index (χ3n) is 4.85. The minimum atomic E-state index is -0.466. The average molecular weight is 384 g/mol. The van der Waals surface area contributed by atoms with Crippen molar-refractivity contribution in [2.45, 2.75) is 27.3 Å². The Morgan fingerprint density at radius 1 is 1.11 bits per heavy atom. The SMILES string of the molecule is CCN(CC(=O)Nc1c([N+](=O)[O-])ccc(C)c1C)Cc1ccc(N(C)C)cc1. The Hall–Kier alpha value is -2.93. The Labute approximate surface area is 166 Å². The van der Waals surface area contributed by atoms with E-state index in [1.165, 1.54) is 6.07 Å². The van der Waals surface area contributed by atoms with Crippen LogP contribution in [0.3, 0.4) is 0 Å². The maximum Gasteiger partial charge on any atom is 0.293 e. The van der Waals surface area contributed by atoms with Crippen molar-refractivity contribution >= 4 is 23.0 Å². The van der Waals surface area contributed by atoms with Crippen LogP contribution in [0.2, 0.25) is 0 Å². The molecule has 0 bridgehead atoms. The van der Waals surface area contributed by atoms with Crippen LogP contribution in [-0.2, 0) is 11.3 Å². The molecule has 1 N–H and O–H groups in total. The predicted molar refractivity (Wildman–Crippen MR) is 113 cm³/mol. The lowest BCUT2D eigenvalue weighted by Crippen LogP contribution is -2.33. The molecule has 0 heterocycles. The summed E-state index contributed by atoms with van der Waals surface area (Å²) in [5, 5.41) is 14.0. The van der Waals surface area contributed by atoms with Gasteiger partial charge in [-0.2, -0.15) is 0 Å². The fourth-order valence-electron chi connectivity index (χ4n) is 2.93. The number of benzene rings is 2. The van der Waals surface area contributed by atoms with E-state index in [1.807, 2.05) is 62.0 Å². The maximum atomic E-state index is 12.6. The maximum absolute atomic E-state index is 12.6. The van der Waals surface area contributed by atoms with Crippen molar-refractivity contribution in [1.82, 2.24) is 4.90 Å². The summed E-state index contributed by atoms with van der Waals surface area (Å²) < 4.78 is 0. The highest BCUT2D eigenvalue weighted by Gasteiger charge is 2.20. The molecule has 0 aliphatic carbocycles. The number of nitro benzene ring substituents is 1. The standard InChI is InChI=1S/C21H28N4O3/c1-6-24(13-17-8-10-18(11-9-17)23(4)5)14-20(26)22-21-16(3)15(2)7-12-19(21)25(27)28/h7-12H,6,13-14H2,1-5H3,(H,22,26). The molecule has 0 saturated carbocycles. The molecule has 2 rings (SSSR count). The van der Waals surface area contributed by atoms with Gasteiger partial charge in [-0.25, -0.2) is 0 Å². The highest BCUT2D eigenvalue weighted by atomic mass is 16.6. The zero-order chi connectivity index (χ0) is 20.8. The summed E-state index contributed by atoms with van der Waals surface area (Å²) in [5.74, 6) is -0.261. The van der Waals surface area contributed by atoms with Crippen LogP contribution in [0, 0.1) is 24.0 Å². The zero-order valence-corrected chi connectivity index (χ0v) is 17.2. The second-order valence-corrected chi connectivity index (χ2v) is 7.07. The number of nitrogens with one attached hydrogen (secondary N) is 1. The minimum absolute atomic E-state index is 0.0845. The molecule has 7 heteroatoms. The normalized spacial score (nSPS) is 10.8. The number of nitro groups is 1. The van der Waals surface area contributed by atoms with Crippen LogP contribution in [-0.4, -0.2) is 42.9 Å². The summed E-state index contributed by atoms with van der Waals surface area (Å²) in [7, 11) is 3.98. The molecule has 150 valence electrons. The third kappa shape index (κ3) is 5.29. The van der Waals surface area contributed by atoms with E-state index in [9.17, 15) is 14.9 Å². The van der Waals surface area contributed by atoms with Crippen molar-refractivity contribution in [2.75, 3.05) is 37.4 Å². The Morgan fingerprint density at radius 2 is 1.75 bits per heavy atom. The highest BCUT2D eigenvalue weighted by Crippen LogP contribution is 2.30. The second-order valence-electron chi connectivity index (χ2n) is 7.07. The Morgan fingerprint density at radius 3 is 2.29 bits per heavy atom. The topological polar surface area (TPSA) is 78.7 Å². The van der Waals surface area contributed by atoms with Crippen LogP contribution in [0.5, 0.6) is 0 Å². The number of anilines is 2.